The van der Waals surface area contributed by atoms with E-state index in [9.17, 15) is 13.6 Å². The Morgan fingerprint density at radius 2 is 1.75 bits per heavy atom. The third-order valence-corrected chi connectivity index (χ3v) is 6.57. The van der Waals surface area contributed by atoms with E-state index in [-0.39, 0.29) is 29.7 Å². The second-order valence-electron chi connectivity index (χ2n) is 8.40. The van der Waals surface area contributed by atoms with Crippen LogP contribution < -0.4 is 4.74 Å². The van der Waals surface area contributed by atoms with Gasteiger partial charge in [0, 0.05) is 0 Å². The third kappa shape index (κ3) is 4.84. The molecule has 0 radical (unpaired) electrons. The standard InChI is InChI=1S/C23H32F2O3/c1-3-4-18-12-11-17(23(26)28-18)10-7-15-5-8-16(9-6-15)19-13-14-20(27-2)22(25)21(19)24/h13-18H,3-12H2,1-2H3. The molecule has 1 saturated carbocycles. The van der Waals surface area contributed by atoms with Crippen LogP contribution in [0.1, 0.15) is 82.6 Å². The van der Waals surface area contributed by atoms with Crippen LogP contribution in [0.15, 0.2) is 12.1 Å². The smallest absolute Gasteiger partial charge is 0.309 e. The molecule has 0 spiro atoms. The molecule has 2 fully saturated rings. The molecule has 2 unspecified atom stereocenters. The third-order valence-electron chi connectivity index (χ3n) is 6.57. The molecule has 1 aromatic carbocycles. The van der Waals surface area contributed by atoms with Crippen LogP contribution in [-0.4, -0.2) is 19.2 Å². The second kappa shape index (κ2) is 9.71. The van der Waals surface area contributed by atoms with E-state index in [1.807, 2.05) is 0 Å². The number of ether oxygens (including phenoxy) is 2. The van der Waals surface area contributed by atoms with Gasteiger partial charge in [-0.2, -0.15) is 4.39 Å². The van der Waals surface area contributed by atoms with Gasteiger partial charge in [-0.3, -0.25) is 4.79 Å². The number of halogens is 2. The zero-order chi connectivity index (χ0) is 20.1. The highest BCUT2D eigenvalue weighted by atomic mass is 19.2. The van der Waals surface area contributed by atoms with Crippen LogP contribution in [0.5, 0.6) is 5.75 Å². The molecule has 2 atom stereocenters. The van der Waals surface area contributed by atoms with Gasteiger partial charge in [-0.1, -0.05) is 19.4 Å². The minimum absolute atomic E-state index is 0.0193. The van der Waals surface area contributed by atoms with Gasteiger partial charge in [-0.05, 0) is 81.3 Å². The van der Waals surface area contributed by atoms with Crippen LogP contribution in [0.2, 0.25) is 0 Å². The molecule has 1 aromatic rings. The van der Waals surface area contributed by atoms with Crippen molar-refractivity contribution in [2.45, 2.75) is 83.2 Å². The van der Waals surface area contributed by atoms with E-state index >= 15 is 0 Å². The number of rotatable bonds is 7. The van der Waals surface area contributed by atoms with Crippen LogP contribution >= 0.6 is 0 Å². The molecule has 1 heterocycles. The Kier molecular flexibility index (Phi) is 7.30. The number of hydrogen-bond acceptors (Lipinski definition) is 3. The Bertz CT molecular complexity index is 668. The van der Waals surface area contributed by atoms with Gasteiger partial charge in [0.15, 0.2) is 11.6 Å². The van der Waals surface area contributed by atoms with Gasteiger partial charge in [0.25, 0.3) is 0 Å². The van der Waals surface area contributed by atoms with Crippen molar-refractivity contribution in [1.29, 1.82) is 0 Å². The Labute approximate surface area is 166 Å². The van der Waals surface area contributed by atoms with Gasteiger partial charge < -0.3 is 9.47 Å². The maximum atomic E-state index is 14.3. The number of hydrogen-bond donors (Lipinski definition) is 0. The van der Waals surface area contributed by atoms with Gasteiger partial charge in [0.1, 0.15) is 6.10 Å². The molecular weight excluding hydrogens is 362 g/mol. The summed E-state index contributed by atoms with van der Waals surface area (Å²) in [4.78, 5) is 12.2. The molecule has 1 saturated heterocycles. The molecule has 0 amide bonds. The molecule has 1 aliphatic carbocycles. The summed E-state index contributed by atoms with van der Waals surface area (Å²) >= 11 is 0. The lowest BCUT2D eigenvalue weighted by Crippen LogP contribution is -2.31. The largest absolute Gasteiger partial charge is 0.494 e. The highest BCUT2D eigenvalue weighted by Gasteiger charge is 2.31. The Morgan fingerprint density at radius 1 is 1.00 bits per heavy atom. The number of esters is 1. The maximum Gasteiger partial charge on any atom is 0.309 e. The quantitative estimate of drug-likeness (QED) is 0.520. The minimum atomic E-state index is -0.890. The first-order valence-corrected chi connectivity index (χ1v) is 10.8. The number of carbonyl (C=O) groups is 1. The molecule has 0 aromatic heterocycles. The summed E-state index contributed by atoms with van der Waals surface area (Å²) in [5, 5.41) is 0. The van der Waals surface area contributed by atoms with Crippen molar-refractivity contribution in [3.05, 3.63) is 29.3 Å². The Morgan fingerprint density at radius 3 is 2.39 bits per heavy atom. The van der Waals surface area contributed by atoms with E-state index in [0.717, 1.165) is 64.2 Å². The first-order chi connectivity index (χ1) is 13.5. The first kappa shape index (κ1) is 21.1. The van der Waals surface area contributed by atoms with E-state index in [1.165, 1.54) is 13.2 Å². The number of benzene rings is 1. The maximum absolute atomic E-state index is 14.3. The van der Waals surface area contributed by atoms with Crippen molar-refractivity contribution < 1.29 is 23.0 Å². The summed E-state index contributed by atoms with van der Waals surface area (Å²) in [5.74, 6) is -1.06. The second-order valence-corrected chi connectivity index (χ2v) is 8.40. The van der Waals surface area contributed by atoms with Gasteiger partial charge in [-0.15, -0.1) is 0 Å². The van der Waals surface area contributed by atoms with Crippen molar-refractivity contribution in [2.75, 3.05) is 7.11 Å². The number of carbonyl (C=O) groups excluding carboxylic acids is 1. The number of methoxy groups -OCH3 is 1. The molecule has 0 bridgehead atoms. The van der Waals surface area contributed by atoms with E-state index in [2.05, 4.69) is 6.92 Å². The SMILES string of the molecule is CCCC1CCC(CCC2CCC(c3ccc(OC)c(F)c3F)CC2)C(=O)O1. The minimum Gasteiger partial charge on any atom is -0.494 e. The summed E-state index contributed by atoms with van der Waals surface area (Å²) in [6.07, 6.45) is 9.68. The molecule has 5 heteroatoms. The van der Waals surface area contributed by atoms with E-state index < -0.39 is 11.6 Å². The summed E-state index contributed by atoms with van der Waals surface area (Å²) in [5.41, 5.74) is 0.467. The molecule has 0 N–H and O–H groups in total. The van der Waals surface area contributed by atoms with Crippen LogP contribution in [0.25, 0.3) is 0 Å². The van der Waals surface area contributed by atoms with E-state index in [4.69, 9.17) is 9.47 Å². The summed E-state index contributed by atoms with van der Waals surface area (Å²) < 4.78 is 38.8. The Balaban J connectivity index is 1.46. The van der Waals surface area contributed by atoms with Gasteiger partial charge >= 0.3 is 5.97 Å². The fraction of sp³-hybridized carbons (Fsp3) is 0.696. The zero-order valence-electron chi connectivity index (χ0n) is 17.0. The van der Waals surface area contributed by atoms with Crippen molar-refractivity contribution in [3.8, 4) is 5.75 Å². The molecule has 3 rings (SSSR count). The molecule has 2 aliphatic rings. The molecule has 3 nitrogen and oxygen atoms in total. The summed E-state index contributed by atoms with van der Waals surface area (Å²) in [6, 6.07) is 3.17. The molecular formula is C23H32F2O3. The highest BCUT2D eigenvalue weighted by molar-refractivity contribution is 5.73. The topological polar surface area (TPSA) is 35.5 Å². The fourth-order valence-corrected chi connectivity index (χ4v) is 4.83. The Hall–Kier alpha value is -1.65. The average Bonchev–Trinajstić information content (AvgIpc) is 2.70. The highest BCUT2D eigenvalue weighted by Crippen LogP contribution is 2.40. The normalized spacial score (nSPS) is 28.1. The van der Waals surface area contributed by atoms with Crippen LogP contribution in [0.4, 0.5) is 8.78 Å². The van der Waals surface area contributed by atoms with Crippen molar-refractivity contribution in [1.82, 2.24) is 0 Å². The van der Waals surface area contributed by atoms with Crippen LogP contribution in [-0.2, 0) is 9.53 Å². The lowest BCUT2D eigenvalue weighted by atomic mass is 9.76. The average molecular weight is 395 g/mol. The molecule has 156 valence electrons. The predicted octanol–water partition coefficient (Wildman–Crippen LogP) is 6.15. The number of cyclic esters (lactones) is 1. The van der Waals surface area contributed by atoms with Gasteiger partial charge in [0.2, 0.25) is 5.82 Å². The van der Waals surface area contributed by atoms with Crippen molar-refractivity contribution >= 4 is 5.97 Å². The van der Waals surface area contributed by atoms with E-state index in [0.29, 0.717) is 11.5 Å². The lowest BCUT2D eigenvalue weighted by Gasteiger charge is -2.31. The molecule has 28 heavy (non-hydrogen) atoms. The van der Waals surface area contributed by atoms with Crippen molar-refractivity contribution in [3.63, 3.8) is 0 Å². The fourth-order valence-electron chi connectivity index (χ4n) is 4.83. The van der Waals surface area contributed by atoms with Crippen LogP contribution in [0, 0.1) is 23.5 Å². The summed E-state index contributed by atoms with van der Waals surface area (Å²) in [6.45, 7) is 2.11. The van der Waals surface area contributed by atoms with E-state index in [1.54, 1.807) is 6.07 Å². The van der Waals surface area contributed by atoms with Gasteiger partial charge in [-0.25, -0.2) is 4.39 Å². The van der Waals surface area contributed by atoms with Crippen LogP contribution in [0.3, 0.4) is 0 Å². The monoisotopic (exact) mass is 394 g/mol. The van der Waals surface area contributed by atoms with Gasteiger partial charge in [0.05, 0.1) is 13.0 Å². The predicted molar refractivity (Wildman–Crippen MR) is 104 cm³/mol. The molecule has 1 aliphatic heterocycles. The first-order valence-electron chi connectivity index (χ1n) is 10.8. The summed E-state index contributed by atoms with van der Waals surface area (Å²) in [7, 11) is 1.34. The zero-order valence-corrected chi connectivity index (χ0v) is 17.0. The van der Waals surface area contributed by atoms with Crippen molar-refractivity contribution in [2.24, 2.45) is 11.8 Å². The lowest BCUT2D eigenvalue weighted by molar-refractivity contribution is -0.161.